The smallest absolute Gasteiger partial charge is 0.272 e. The van der Waals surface area contributed by atoms with E-state index in [0.717, 1.165) is 16.8 Å². The second-order valence-corrected chi connectivity index (χ2v) is 6.60. The van der Waals surface area contributed by atoms with Crippen LogP contribution in [0, 0.1) is 5.82 Å². The Morgan fingerprint density at radius 2 is 1.74 bits per heavy atom. The van der Waals surface area contributed by atoms with E-state index in [-0.39, 0.29) is 12.0 Å². The van der Waals surface area contributed by atoms with Crippen LogP contribution in [0.25, 0.3) is 10.8 Å². The molecule has 4 aromatic rings. The van der Waals surface area contributed by atoms with Crippen LogP contribution in [0.15, 0.2) is 71.8 Å². The van der Waals surface area contributed by atoms with Crippen LogP contribution >= 0.6 is 0 Å². The summed E-state index contributed by atoms with van der Waals surface area (Å²) in [5.41, 5.74) is 2.97. The van der Waals surface area contributed by atoms with E-state index in [1.54, 1.807) is 12.4 Å². The number of nitrogens with zero attached hydrogens (tertiary/aromatic N) is 2. The van der Waals surface area contributed by atoms with Crippen molar-refractivity contribution < 1.29 is 4.39 Å². The minimum atomic E-state index is -0.459. The van der Waals surface area contributed by atoms with Crippen molar-refractivity contribution >= 4 is 16.5 Å². The molecule has 0 bridgehead atoms. The molecule has 0 unspecified atom stereocenters. The maximum absolute atomic E-state index is 14.1. The van der Waals surface area contributed by atoms with E-state index in [9.17, 15) is 9.18 Å². The van der Waals surface area contributed by atoms with Gasteiger partial charge in [-0.3, -0.25) is 9.78 Å². The van der Waals surface area contributed by atoms with Crippen molar-refractivity contribution in [3.8, 4) is 0 Å². The molecule has 2 aromatic carbocycles. The van der Waals surface area contributed by atoms with Gasteiger partial charge in [0.05, 0.1) is 23.0 Å². The van der Waals surface area contributed by atoms with Crippen molar-refractivity contribution in [1.82, 2.24) is 15.2 Å². The third-order valence-electron chi connectivity index (χ3n) is 5.04. The first-order valence-corrected chi connectivity index (χ1v) is 8.65. The summed E-state index contributed by atoms with van der Waals surface area (Å²) in [6.07, 6.45) is 3.46. The van der Waals surface area contributed by atoms with Gasteiger partial charge in [0.2, 0.25) is 0 Å². The van der Waals surface area contributed by atoms with Crippen molar-refractivity contribution in [1.29, 1.82) is 0 Å². The Bertz CT molecular complexity index is 1190. The maximum Gasteiger partial charge on any atom is 0.272 e. The summed E-state index contributed by atoms with van der Waals surface area (Å²) in [6.45, 7) is 0. The van der Waals surface area contributed by atoms with Crippen LogP contribution < -0.4 is 10.9 Å². The van der Waals surface area contributed by atoms with Crippen molar-refractivity contribution in [3.63, 3.8) is 0 Å². The van der Waals surface area contributed by atoms with Gasteiger partial charge in [0, 0.05) is 23.5 Å². The first-order chi connectivity index (χ1) is 13.2. The zero-order valence-electron chi connectivity index (χ0n) is 14.2. The predicted octanol–water partition coefficient (Wildman–Crippen LogP) is 3.76. The molecule has 6 heteroatoms. The molecule has 0 saturated carbocycles. The third kappa shape index (κ3) is 2.49. The molecule has 0 aliphatic carbocycles. The Hall–Kier alpha value is -3.54. The van der Waals surface area contributed by atoms with Gasteiger partial charge in [0.25, 0.3) is 5.56 Å². The van der Waals surface area contributed by atoms with Gasteiger partial charge in [-0.1, -0.05) is 30.3 Å². The second kappa shape index (κ2) is 6.02. The van der Waals surface area contributed by atoms with E-state index in [1.165, 1.54) is 12.1 Å². The molecule has 5 nitrogen and oxygen atoms in total. The molecule has 0 amide bonds. The van der Waals surface area contributed by atoms with Crippen LogP contribution in [0.2, 0.25) is 0 Å². The molecule has 1 aliphatic heterocycles. The number of hydrogen-bond donors (Lipinski definition) is 2. The van der Waals surface area contributed by atoms with Crippen molar-refractivity contribution in [3.05, 3.63) is 100.0 Å². The lowest BCUT2D eigenvalue weighted by Gasteiger charge is -2.34. The first-order valence-electron chi connectivity index (χ1n) is 8.65. The van der Waals surface area contributed by atoms with Crippen LogP contribution in [-0.4, -0.2) is 15.2 Å². The number of benzene rings is 2. The Morgan fingerprint density at radius 1 is 0.963 bits per heavy atom. The van der Waals surface area contributed by atoms with Gasteiger partial charge in [0.15, 0.2) is 0 Å². The average Bonchev–Trinajstić information content (AvgIpc) is 2.71. The van der Waals surface area contributed by atoms with Gasteiger partial charge < -0.3 is 5.32 Å². The molecular formula is C21H15FN4O. The molecule has 3 heterocycles. The highest BCUT2D eigenvalue weighted by molar-refractivity contribution is 5.97. The fourth-order valence-electron chi connectivity index (χ4n) is 3.89. The van der Waals surface area contributed by atoms with E-state index < -0.39 is 11.4 Å². The Kier molecular flexibility index (Phi) is 3.50. The standard InChI is InChI=1S/C21H15FN4O/c22-14-10-15-18-16(11-14)24-19(13-6-8-23-9-7-13)17(12-4-2-1-3-5-12)20(18)25-26-21(15)27/h1-11,17,19,24H,(H,26,27)/t17-,19+/m1/s1. The summed E-state index contributed by atoms with van der Waals surface area (Å²) < 4.78 is 14.1. The van der Waals surface area contributed by atoms with Crippen molar-refractivity contribution in [2.75, 3.05) is 5.32 Å². The lowest BCUT2D eigenvalue weighted by Crippen LogP contribution is -2.28. The monoisotopic (exact) mass is 358 g/mol. The van der Waals surface area contributed by atoms with E-state index in [0.29, 0.717) is 16.5 Å². The van der Waals surface area contributed by atoms with Crippen LogP contribution in [0.3, 0.4) is 0 Å². The number of pyridine rings is 1. The van der Waals surface area contributed by atoms with Crippen LogP contribution in [0.5, 0.6) is 0 Å². The van der Waals surface area contributed by atoms with Gasteiger partial charge >= 0.3 is 0 Å². The zero-order chi connectivity index (χ0) is 18.4. The van der Waals surface area contributed by atoms with Crippen LogP contribution in [0.4, 0.5) is 10.1 Å². The normalized spacial score (nSPS) is 18.3. The number of aromatic nitrogens is 3. The fraction of sp³-hybridized carbons (Fsp3) is 0.0952. The number of hydrogen-bond acceptors (Lipinski definition) is 4. The quantitative estimate of drug-likeness (QED) is 0.572. The molecule has 0 radical (unpaired) electrons. The van der Waals surface area contributed by atoms with E-state index in [4.69, 9.17) is 0 Å². The topological polar surface area (TPSA) is 70.7 Å². The molecular weight excluding hydrogens is 343 g/mol. The molecule has 132 valence electrons. The zero-order valence-corrected chi connectivity index (χ0v) is 14.2. The molecule has 1 aliphatic rings. The number of aromatic amines is 1. The van der Waals surface area contributed by atoms with E-state index in [2.05, 4.69) is 20.5 Å². The van der Waals surface area contributed by atoms with Gasteiger partial charge in [-0.2, -0.15) is 5.10 Å². The second-order valence-electron chi connectivity index (χ2n) is 6.60. The number of H-pyrrole nitrogens is 1. The number of nitrogens with one attached hydrogen (secondary N) is 2. The summed E-state index contributed by atoms with van der Waals surface area (Å²) in [4.78, 5) is 16.3. The molecule has 5 rings (SSSR count). The van der Waals surface area contributed by atoms with Gasteiger partial charge in [-0.15, -0.1) is 0 Å². The van der Waals surface area contributed by atoms with Crippen molar-refractivity contribution in [2.45, 2.75) is 12.0 Å². The van der Waals surface area contributed by atoms with Gasteiger partial charge in [0.1, 0.15) is 5.82 Å². The summed E-state index contributed by atoms with van der Waals surface area (Å²) in [6, 6.07) is 16.3. The average molecular weight is 358 g/mol. The molecule has 2 N–H and O–H groups in total. The molecule has 27 heavy (non-hydrogen) atoms. The van der Waals surface area contributed by atoms with Crippen LogP contribution in [0.1, 0.15) is 28.8 Å². The largest absolute Gasteiger partial charge is 0.377 e. The minimum absolute atomic E-state index is 0.147. The third-order valence-corrected chi connectivity index (χ3v) is 5.04. The lowest BCUT2D eigenvalue weighted by atomic mass is 9.80. The minimum Gasteiger partial charge on any atom is -0.377 e. The Balaban J connectivity index is 1.83. The highest BCUT2D eigenvalue weighted by Gasteiger charge is 2.35. The predicted molar refractivity (Wildman–Crippen MR) is 101 cm³/mol. The highest BCUT2D eigenvalue weighted by Crippen LogP contribution is 2.46. The Morgan fingerprint density at radius 3 is 2.52 bits per heavy atom. The number of anilines is 1. The van der Waals surface area contributed by atoms with Gasteiger partial charge in [-0.05, 0) is 35.4 Å². The summed E-state index contributed by atoms with van der Waals surface area (Å²) in [7, 11) is 0. The first kappa shape index (κ1) is 15.7. The summed E-state index contributed by atoms with van der Waals surface area (Å²) in [5, 5.41) is 11.3. The fourth-order valence-corrected chi connectivity index (χ4v) is 3.89. The number of rotatable bonds is 2. The molecule has 0 fully saturated rings. The van der Waals surface area contributed by atoms with E-state index >= 15 is 0 Å². The maximum atomic E-state index is 14.1. The summed E-state index contributed by atoms with van der Waals surface area (Å²) >= 11 is 0. The van der Waals surface area contributed by atoms with E-state index in [1.807, 2.05) is 42.5 Å². The lowest BCUT2D eigenvalue weighted by molar-refractivity contribution is 0.618. The summed E-state index contributed by atoms with van der Waals surface area (Å²) in [5.74, 6) is -0.606. The molecule has 2 aromatic heterocycles. The Labute approximate surface area is 153 Å². The van der Waals surface area contributed by atoms with Crippen LogP contribution in [-0.2, 0) is 0 Å². The van der Waals surface area contributed by atoms with Crippen molar-refractivity contribution in [2.24, 2.45) is 0 Å². The van der Waals surface area contributed by atoms with Gasteiger partial charge in [-0.25, -0.2) is 9.49 Å². The molecule has 0 saturated heterocycles. The molecule has 0 spiro atoms. The SMILES string of the molecule is O=c1[nH]nc2c3c(cc(F)cc13)N[C@@H](c1ccncc1)[C@H]2c1ccccc1. The number of halogens is 1. The molecule has 2 atom stereocenters. The highest BCUT2D eigenvalue weighted by atomic mass is 19.1.